The molecule has 0 aliphatic heterocycles. The van der Waals surface area contributed by atoms with Gasteiger partial charge in [0.05, 0.1) is 22.2 Å². The van der Waals surface area contributed by atoms with E-state index in [4.69, 9.17) is 5.26 Å². The summed E-state index contributed by atoms with van der Waals surface area (Å²) < 4.78 is 0.889. The third-order valence-corrected chi connectivity index (χ3v) is 5.25. The molecule has 9 heteroatoms. The summed E-state index contributed by atoms with van der Waals surface area (Å²) in [6, 6.07) is 17.5. The molecule has 0 spiro atoms. The van der Waals surface area contributed by atoms with Gasteiger partial charge in [-0.3, -0.25) is 10.7 Å². The number of amidine groups is 1. The lowest BCUT2D eigenvalue weighted by Crippen LogP contribution is -2.28. The number of nitrogens with zero attached hydrogens (tertiary/aromatic N) is 2. The van der Waals surface area contributed by atoms with E-state index in [9.17, 15) is 10.0 Å². The predicted octanol–water partition coefficient (Wildman–Crippen LogP) is 4.76. The van der Waals surface area contributed by atoms with Gasteiger partial charge >= 0.3 is 6.03 Å². The van der Waals surface area contributed by atoms with E-state index in [0.29, 0.717) is 29.3 Å². The third-order valence-electron chi connectivity index (χ3n) is 3.77. The van der Waals surface area contributed by atoms with E-state index in [1.807, 2.05) is 41.8 Å². The molecule has 2 amide bonds. The zero-order valence-corrected chi connectivity index (χ0v) is 17.4. The molecule has 2 aromatic carbocycles. The molecule has 4 N–H and O–H groups in total. The van der Waals surface area contributed by atoms with E-state index in [0.717, 1.165) is 14.9 Å². The van der Waals surface area contributed by atoms with Crippen LogP contribution in [0.25, 0.3) is 0 Å². The van der Waals surface area contributed by atoms with E-state index < -0.39 is 0 Å². The number of hydrogen-bond donors (Lipinski definition) is 4. The van der Waals surface area contributed by atoms with E-state index in [1.165, 1.54) is 11.3 Å². The fourth-order valence-electron chi connectivity index (χ4n) is 2.39. The van der Waals surface area contributed by atoms with Crippen LogP contribution in [0.15, 0.2) is 69.4 Å². The maximum absolute atomic E-state index is 12.0. The molecular formula is C20H16BrN5O2S. The lowest BCUT2D eigenvalue weighted by molar-refractivity contribution is 0.235. The van der Waals surface area contributed by atoms with E-state index in [2.05, 4.69) is 37.0 Å². The van der Waals surface area contributed by atoms with Gasteiger partial charge in [-0.2, -0.15) is 5.26 Å². The van der Waals surface area contributed by atoms with Crippen LogP contribution in [0.3, 0.4) is 0 Å². The number of rotatable bonds is 5. The van der Waals surface area contributed by atoms with Gasteiger partial charge in [0.1, 0.15) is 0 Å². The van der Waals surface area contributed by atoms with Gasteiger partial charge < -0.3 is 10.6 Å². The van der Waals surface area contributed by atoms with E-state index in [-0.39, 0.29) is 6.03 Å². The van der Waals surface area contributed by atoms with Crippen LogP contribution < -0.4 is 16.1 Å². The van der Waals surface area contributed by atoms with Crippen molar-refractivity contribution >= 4 is 50.5 Å². The Hall–Kier alpha value is -3.19. The second-order valence-electron chi connectivity index (χ2n) is 5.87. The topological polar surface area (TPSA) is 110 Å². The van der Waals surface area contributed by atoms with Crippen LogP contribution in [0.1, 0.15) is 16.0 Å². The van der Waals surface area contributed by atoms with Crippen molar-refractivity contribution in [3.8, 4) is 6.07 Å². The van der Waals surface area contributed by atoms with Crippen molar-refractivity contribution in [3.05, 3.63) is 80.5 Å². The van der Waals surface area contributed by atoms with Crippen molar-refractivity contribution in [2.45, 2.75) is 6.54 Å². The van der Waals surface area contributed by atoms with Gasteiger partial charge in [-0.25, -0.2) is 9.79 Å². The number of carbonyl (C=O) groups is 1. The van der Waals surface area contributed by atoms with Crippen LogP contribution in [-0.2, 0) is 6.54 Å². The number of nitriles is 1. The molecular weight excluding hydrogens is 454 g/mol. The number of thiophene rings is 1. The number of benzene rings is 2. The minimum Gasteiger partial charge on any atom is -0.334 e. The van der Waals surface area contributed by atoms with Crippen LogP contribution in [0.4, 0.5) is 16.2 Å². The molecule has 0 fully saturated rings. The summed E-state index contributed by atoms with van der Waals surface area (Å²) in [6.45, 7) is 0.314. The first-order valence-corrected chi connectivity index (χ1v) is 10.1. The molecule has 0 unspecified atom stereocenters. The predicted molar refractivity (Wildman–Crippen MR) is 117 cm³/mol. The van der Waals surface area contributed by atoms with Gasteiger partial charge in [-0.05, 0) is 59.5 Å². The minimum atomic E-state index is -0.356. The highest BCUT2D eigenvalue weighted by molar-refractivity contribution is 9.10. The summed E-state index contributed by atoms with van der Waals surface area (Å²) >= 11 is 4.79. The summed E-state index contributed by atoms with van der Waals surface area (Å²) in [5.41, 5.74) is 4.81. The van der Waals surface area contributed by atoms with Crippen molar-refractivity contribution in [2.24, 2.45) is 4.99 Å². The molecule has 0 saturated heterocycles. The first-order chi connectivity index (χ1) is 14.1. The zero-order valence-electron chi connectivity index (χ0n) is 15.0. The monoisotopic (exact) mass is 469 g/mol. The van der Waals surface area contributed by atoms with Gasteiger partial charge in [0.15, 0.2) is 5.84 Å². The molecule has 0 aliphatic carbocycles. The Morgan fingerprint density at radius 3 is 2.69 bits per heavy atom. The zero-order chi connectivity index (χ0) is 20.6. The second kappa shape index (κ2) is 9.84. The summed E-state index contributed by atoms with van der Waals surface area (Å²) in [4.78, 5) is 17.2. The molecule has 0 aliphatic rings. The SMILES string of the molecule is N#Cc1ccc(NC(=O)NCc2csc(C(=Nc3cccc(Br)c3)NO)c2)cc1. The normalized spacial score (nSPS) is 10.9. The standard InChI is InChI=1S/C20H16BrN5O2S/c21-15-2-1-3-17(9-15)24-19(26-28)18-8-14(12-29-18)11-23-20(27)25-16-6-4-13(10-22)5-7-16/h1-9,12,28H,11H2,(H,24,26)(H2,23,25,27). The van der Waals surface area contributed by atoms with Gasteiger partial charge in [0.25, 0.3) is 0 Å². The maximum atomic E-state index is 12.0. The number of urea groups is 1. The Morgan fingerprint density at radius 2 is 2.00 bits per heavy atom. The van der Waals surface area contributed by atoms with Gasteiger partial charge in [0, 0.05) is 16.7 Å². The maximum Gasteiger partial charge on any atom is 0.319 e. The Bertz CT molecular complexity index is 1070. The average Bonchev–Trinajstić information content (AvgIpc) is 3.20. The summed E-state index contributed by atoms with van der Waals surface area (Å²) in [6.07, 6.45) is 0. The van der Waals surface area contributed by atoms with Crippen molar-refractivity contribution in [3.63, 3.8) is 0 Å². The molecule has 1 heterocycles. The molecule has 0 saturated carbocycles. The molecule has 1 aromatic heterocycles. The number of hydrogen-bond acceptors (Lipinski definition) is 5. The van der Waals surface area contributed by atoms with Crippen LogP contribution in [0.5, 0.6) is 0 Å². The third kappa shape index (κ3) is 5.89. The Kier molecular flexibility index (Phi) is 6.97. The summed E-state index contributed by atoms with van der Waals surface area (Å²) in [5.74, 6) is 0.321. The van der Waals surface area contributed by atoms with Crippen LogP contribution in [0, 0.1) is 11.3 Å². The molecule has 0 bridgehead atoms. The summed E-state index contributed by atoms with van der Waals surface area (Å²) in [5, 5.41) is 25.6. The van der Waals surface area contributed by atoms with E-state index in [1.54, 1.807) is 24.3 Å². The van der Waals surface area contributed by atoms with Gasteiger partial charge in [-0.15, -0.1) is 11.3 Å². The quantitative estimate of drug-likeness (QED) is 0.245. The minimum absolute atomic E-state index is 0.314. The number of hydroxylamine groups is 1. The fourth-order valence-corrected chi connectivity index (χ4v) is 3.63. The number of amides is 2. The molecule has 146 valence electrons. The number of anilines is 1. The molecule has 7 nitrogen and oxygen atoms in total. The van der Waals surface area contributed by atoms with E-state index >= 15 is 0 Å². The highest BCUT2D eigenvalue weighted by Crippen LogP contribution is 2.21. The average molecular weight is 470 g/mol. The molecule has 0 radical (unpaired) electrons. The summed E-state index contributed by atoms with van der Waals surface area (Å²) in [7, 11) is 0. The Labute approximate surface area is 179 Å². The fraction of sp³-hybridized carbons (Fsp3) is 0.0500. The highest BCUT2D eigenvalue weighted by Gasteiger charge is 2.09. The van der Waals surface area contributed by atoms with Crippen molar-refractivity contribution < 1.29 is 10.0 Å². The lowest BCUT2D eigenvalue weighted by Gasteiger charge is -2.06. The molecule has 3 aromatic rings. The lowest BCUT2D eigenvalue weighted by atomic mass is 10.2. The smallest absolute Gasteiger partial charge is 0.319 e. The number of halogens is 1. The number of aliphatic imine (C=N–C) groups is 1. The Morgan fingerprint density at radius 1 is 1.21 bits per heavy atom. The highest BCUT2D eigenvalue weighted by atomic mass is 79.9. The second-order valence-corrected chi connectivity index (χ2v) is 7.70. The van der Waals surface area contributed by atoms with Crippen LogP contribution in [0.2, 0.25) is 0 Å². The van der Waals surface area contributed by atoms with Crippen molar-refractivity contribution in [1.82, 2.24) is 10.8 Å². The van der Waals surface area contributed by atoms with Crippen LogP contribution >= 0.6 is 27.3 Å². The van der Waals surface area contributed by atoms with Crippen molar-refractivity contribution in [2.75, 3.05) is 5.32 Å². The van der Waals surface area contributed by atoms with Crippen molar-refractivity contribution in [1.29, 1.82) is 5.26 Å². The van der Waals surface area contributed by atoms with Gasteiger partial charge in [-0.1, -0.05) is 22.0 Å². The molecule has 29 heavy (non-hydrogen) atoms. The van der Waals surface area contributed by atoms with Gasteiger partial charge in [0.2, 0.25) is 0 Å². The first kappa shape index (κ1) is 20.5. The number of carbonyl (C=O) groups excluding carboxylic acids is 1. The van der Waals surface area contributed by atoms with Crippen LogP contribution in [-0.4, -0.2) is 17.1 Å². The largest absolute Gasteiger partial charge is 0.334 e. The first-order valence-electron chi connectivity index (χ1n) is 8.44. The molecule has 3 rings (SSSR count). The number of nitrogens with one attached hydrogen (secondary N) is 3. The Balaban J connectivity index is 1.60. The molecule has 0 atom stereocenters.